The first-order chi connectivity index (χ1) is 10.6. The third-order valence-electron chi connectivity index (χ3n) is 3.51. The number of hydrogen-bond donors (Lipinski definition) is 3. The van der Waals surface area contributed by atoms with E-state index in [4.69, 9.17) is 4.74 Å². The standard InChI is InChI=1S/C17H26O5/c1-2-3-4-5-6-7-9-22-10-8-14(18)13-11-15(19)17(21)16(20)12-13/h11-12,19-21H,2-10H2,1H3. The number of ketones is 1. The Kier molecular flexibility index (Phi) is 8.36. The van der Waals surface area contributed by atoms with Gasteiger partial charge in [-0.15, -0.1) is 0 Å². The molecule has 0 saturated carbocycles. The maximum absolute atomic E-state index is 11.9. The quantitative estimate of drug-likeness (QED) is 0.329. The molecule has 0 amide bonds. The predicted molar refractivity (Wildman–Crippen MR) is 84.6 cm³/mol. The lowest BCUT2D eigenvalue weighted by molar-refractivity contribution is 0.0870. The minimum Gasteiger partial charge on any atom is -0.504 e. The highest BCUT2D eigenvalue weighted by atomic mass is 16.5. The minimum atomic E-state index is -0.615. The Bertz CT molecular complexity index is 447. The van der Waals surface area contributed by atoms with E-state index in [2.05, 4.69) is 6.92 Å². The highest BCUT2D eigenvalue weighted by molar-refractivity contribution is 5.97. The van der Waals surface area contributed by atoms with Crippen molar-refractivity contribution in [3.63, 3.8) is 0 Å². The van der Waals surface area contributed by atoms with Crippen molar-refractivity contribution < 1.29 is 24.9 Å². The molecule has 0 aliphatic heterocycles. The Morgan fingerprint density at radius 1 is 0.955 bits per heavy atom. The topological polar surface area (TPSA) is 87.0 Å². The van der Waals surface area contributed by atoms with Crippen LogP contribution in [0.2, 0.25) is 0 Å². The first-order valence-electron chi connectivity index (χ1n) is 7.92. The first kappa shape index (κ1) is 18.3. The summed E-state index contributed by atoms with van der Waals surface area (Å²) in [7, 11) is 0. The minimum absolute atomic E-state index is 0.163. The van der Waals surface area contributed by atoms with Gasteiger partial charge in [-0.3, -0.25) is 4.79 Å². The van der Waals surface area contributed by atoms with E-state index in [9.17, 15) is 20.1 Å². The van der Waals surface area contributed by atoms with Crippen LogP contribution in [0.5, 0.6) is 17.2 Å². The molecule has 0 bridgehead atoms. The molecule has 0 fully saturated rings. The summed E-state index contributed by atoms with van der Waals surface area (Å²) in [4.78, 5) is 11.9. The van der Waals surface area contributed by atoms with Crippen molar-refractivity contribution in [1.82, 2.24) is 0 Å². The maximum Gasteiger partial charge on any atom is 0.200 e. The average molecular weight is 310 g/mol. The number of phenolic OH excluding ortho intramolecular Hbond substituents is 3. The van der Waals surface area contributed by atoms with Gasteiger partial charge in [0.1, 0.15) is 0 Å². The molecule has 5 heteroatoms. The number of unbranched alkanes of at least 4 members (excludes halogenated alkanes) is 5. The van der Waals surface area contributed by atoms with Crippen LogP contribution >= 0.6 is 0 Å². The summed E-state index contributed by atoms with van der Waals surface area (Å²) in [5.74, 6) is -1.86. The Morgan fingerprint density at radius 3 is 2.18 bits per heavy atom. The van der Waals surface area contributed by atoms with E-state index in [0.29, 0.717) is 13.2 Å². The van der Waals surface area contributed by atoms with Gasteiger partial charge in [-0.1, -0.05) is 39.0 Å². The highest BCUT2D eigenvalue weighted by Gasteiger charge is 2.13. The number of carbonyl (C=O) groups excluding carboxylic acids is 1. The van der Waals surface area contributed by atoms with Gasteiger partial charge in [0.2, 0.25) is 0 Å². The molecule has 0 saturated heterocycles. The van der Waals surface area contributed by atoms with Crippen LogP contribution in [0.3, 0.4) is 0 Å². The fourth-order valence-corrected chi connectivity index (χ4v) is 2.16. The average Bonchev–Trinajstić information content (AvgIpc) is 2.50. The van der Waals surface area contributed by atoms with Gasteiger partial charge in [-0.05, 0) is 18.6 Å². The van der Waals surface area contributed by atoms with Crippen LogP contribution in [0.25, 0.3) is 0 Å². The SMILES string of the molecule is CCCCCCCCOCCC(=O)c1cc(O)c(O)c(O)c1. The Morgan fingerprint density at radius 2 is 1.55 bits per heavy atom. The number of ether oxygens (including phenoxy) is 1. The van der Waals surface area contributed by atoms with Gasteiger partial charge < -0.3 is 20.1 Å². The lowest BCUT2D eigenvalue weighted by Crippen LogP contribution is -2.05. The third-order valence-corrected chi connectivity index (χ3v) is 3.51. The van der Waals surface area contributed by atoms with Gasteiger partial charge in [0, 0.05) is 18.6 Å². The number of carbonyl (C=O) groups is 1. The summed E-state index contributed by atoms with van der Waals surface area (Å²) in [5.41, 5.74) is 0.163. The first-order valence-corrected chi connectivity index (χ1v) is 7.92. The third kappa shape index (κ3) is 6.35. The van der Waals surface area contributed by atoms with Gasteiger partial charge in [0.05, 0.1) is 6.61 Å². The van der Waals surface area contributed by atoms with Crippen LogP contribution in [0.4, 0.5) is 0 Å². The Balaban J connectivity index is 2.19. The second kappa shape index (κ2) is 10.1. The summed E-state index contributed by atoms with van der Waals surface area (Å²) in [5, 5.41) is 28.0. The molecule has 3 N–H and O–H groups in total. The molecular formula is C17H26O5. The molecule has 1 aromatic carbocycles. The van der Waals surface area contributed by atoms with Crippen molar-refractivity contribution >= 4 is 5.78 Å². The van der Waals surface area contributed by atoms with Crippen molar-refractivity contribution in [2.24, 2.45) is 0 Å². The summed E-state index contributed by atoms with van der Waals surface area (Å²) in [6.45, 7) is 3.15. The fourth-order valence-electron chi connectivity index (χ4n) is 2.16. The number of phenols is 3. The molecule has 0 atom stereocenters. The molecule has 5 nitrogen and oxygen atoms in total. The van der Waals surface area contributed by atoms with Gasteiger partial charge in [-0.2, -0.15) is 0 Å². The predicted octanol–water partition coefficient (Wildman–Crippen LogP) is 3.75. The highest BCUT2D eigenvalue weighted by Crippen LogP contribution is 2.35. The molecule has 0 radical (unpaired) electrons. The summed E-state index contributed by atoms with van der Waals surface area (Å²) in [6, 6.07) is 2.29. The van der Waals surface area contributed by atoms with Crippen LogP contribution < -0.4 is 0 Å². The molecule has 0 spiro atoms. The molecule has 0 aromatic heterocycles. The molecular weight excluding hydrogens is 284 g/mol. The normalized spacial score (nSPS) is 10.8. The fraction of sp³-hybridized carbons (Fsp3) is 0.588. The number of hydrogen-bond acceptors (Lipinski definition) is 5. The van der Waals surface area contributed by atoms with E-state index in [1.165, 1.54) is 25.7 Å². The van der Waals surface area contributed by atoms with Crippen molar-refractivity contribution in [3.8, 4) is 17.2 Å². The monoisotopic (exact) mass is 310 g/mol. The summed E-state index contributed by atoms with van der Waals surface area (Å²) < 4.78 is 5.42. The Hall–Kier alpha value is -1.75. The van der Waals surface area contributed by atoms with Crippen LogP contribution in [-0.2, 0) is 4.74 Å². The zero-order valence-electron chi connectivity index (χ0n) is 13.2. The molecule has 1 aromatic rings. The molecule has 124 valence electrons. The summed E-state index contributed by atoms with van der Waals surface area (Å²) in [6.07, 6.45) is 7.33. The number of Topliss-reactive ketones (excluding diaryl/α,β-unsaturated/α-hetero) is 1. The second-order valence-electron chi connectivity index (χ2n) is 5.42. The van der Waals surface area contributed by atoms with Crippen molar-refractivity contribution in [2.75, 3.05) is 13.2 Å². The molecule has 0 heterocycles. The molecule has 1 rings (SSSR count). The Labute approximate surface area is 131 Å². The van der Waals surface area contributed by atoms with E-state index in [1.807, 2.05) is 0 Å². The van der Waals surface area contributed by atoms with Gasteiger partial charge in [0.15, 0.2) is 23.0 Å². The number of rotatable bonds is 11. The van der Waals surface area contributed by atoms with E-state index >= 15 is 0 Å². The van der Waals surface area contributed by atoms with Gasteiger partial charge in [-0.25, -0.2) is 0 Å². The number of aromatic hydroxyl groups is 3. The molecule has 0 aliphatic carbocycles. The largest absolute Gasteiger partial charge is 0.504 e. The second-order valence-corrected chi connectivity index (χ2v) is 5.42. The van der Waals surface area contributed by atoms with Gasteiger partial charge >= 0.3 is 0 Å². The number of benzene rings is 1. The van der Waals surface area contributed by atoms with Crippen molar-refractivity contribution in [3.05, 3.63) is 17.7 Å². The summed E-state index contributed by atoms with van der Waals surface area (Å²) >= 11 is 0. The zero-order chi connectivity index (χ0) is 16.4. The smallest absolute Gasteiger partial charge is 0.200 e. The van der Waals surface area contributed by atoms with Crippen LogP contribution in [0, 0.1) is 0 Å². The van der Waals surface area contributed by atoms with Crippen LogP contribution in [0.15, 0.2) is 12.1 Å². The van der Waals surface area contributed by atoms with Crippen LogP contribution in [-0.4, -0.2) is 34.3 Å². The van der Waals surface area contributed by atoms with E-state index in [-0.39, 0.29) is 17.8 Å². The van der Waals surface area contributed by atoms with Crippen molar-refractivity contribution in [2.45, 2.75) is 51.9 Å². The van der Waals surface area contributed by atoms with E-state index < -0.39 is 17.2 Å². The molecule has 22 heavy (non-hydrogen) atoms. The lowest BCUT2D eigenvalue weighted by atomic mass is 10.1. The van der Waals surface area contributed by atoms with Crippen molar-refractivity contribution in [1.29, 1.82) is 0 Å². The molecule has 0 aliphatic rings. The molecule has 0 unspecified atom stereocenters. The maximum atomic E-state index is 11.9. The van der Waals surface area contributed by atoms with Gasteiger partial charge in [0.25, 0.3) is 0 Å². The van der Waals surface area contributed by atoms with E-state index in [0.717, 1.165) is 25.0 Å². The van der Waals surface area contributed by atoms with Crippen LogP contribution in [0.1, 0.15) is 62.2 Å². The lowest BCUT2D eigenvalue weighted by Gasteiger charge is -2.06. The zero-order valence-corrected chi connectivity index (χ0v) is 13.2. The van der Waals surface area contributed by atoms with E-state index in [1.54, 1.807) is 0 Å².